The van der Waals surface area contributed by atoms with Gasteiger partial charge in [0.1, 0.15) is 11.8 Å². The summed E-state index contributed by atoms with van der Waals surface area (Å²) in [4.78, 5) is 22.7. The smallest absolute Gasteiger partial charge is 0.269 e. The molecule has 0 radical (unpaired) electrons. The summed E-state index contributed by atoms with van der Waals surface area (Å²) in [5.41, 5.74) is 4.26. The van der Waals surface area contributed by atoms with E-state index in [2.05, 4.69) is 39.6 Å². The third-order valence-electron chi connectivity index (χ3n) is 5.53. The van der Waals surface area contributed by atoms with Gasteiger partial charge in [-0.25, -0.2) is 0 Å². The van der Waals surface area contributed by atoms with E-state index < -0.39 is 0 Å². The lowest BCUT2D eigenvalue weighted by Crippen LogP contribution is -2.35. The van der Waals surface area contributed by atoms with Crippen molar-refractivity contribution in [2.24, 2.45) is 11.1 Å². The number of nitrogens with one attached hydrogen (secondary N) is 1. The van der Waals surface area contributed by atoms with Crippen molar-refractivity contribution in [2.45, 2.75) is 39.3 Å². The Morgan fingerprint density at radius 2 is 1.90 bits per heavy atom. The average Bonchev–Trinajstić information content (AvgIpc) is 3.38. The maximum absolute atomic E-state index is 13.0. The normalized spacial score (nSPS) is 18.0. The second kappa shape index (κ2) is 9.12. The fourth-order valence-corrected chi connectivity index (χ4v) is 3.66. The van der Waals surface area contributed by atoms with Crippen LogP contribution in [0.15, 0.2) is 66.1 Å². The Morgan fingerprint density at radius 1 is 1.16 bits per heavy atom. The molecule has 7 heteroatoms. The molecule has 2 aromatic heterocycles. The van der Waals surface area contributed by atoms with Crippen molar-refractivity contribution in [3.05, 3.63) is 72.2 Å². The Hall–Kier alpha value is -3.48. The molecule has 1 aliphatic heterocycles. The fourth-order valence-electron chi connectivity index (χ4n) is 3.66. The molecule has 0 spiro atoms. The van der Waals surface area contributed by atoms with Gasteiger partial charge in [0.15, 0.2) is 0 Å². The molecular weight excluding hydrogens is 390 g/mol. The minimum atomic E-state index is -0.178. The maximum Gasteiger partial charge on any atom is 0.269 e. The number of hydrogen-bond donors (Lipinski definition) is 1. The number of oxime groups is 1. The average molecular weight is 418 g/mol. The molecular formula is C24H27N5O2. The van der Waals surface area contributed by atoms with Crippen LogP contribution in [0.4, 0.5) is 0 Å². The molecule has 1 amide bonds. The van der Waals surface area contributed by atoms with E-state index in [1.807, 2.05) is 50.2 Å². The summed E-state index contributed by atoms with van der Waals surface area (Å²) in [6, 6.07) is 15.9. The largest absolute Gasteiger partial charge is 0.391 e. The number of pyridine rings is 1. The highest BCUT2D eigenvalue weighted by Crippen LogP contribution is 2.23. The molecule has 1 aliphatic rings. The molecule has 0 aliphatic carbocycles. The van der Waals surface area contributed by atoms with E-state index in [1.165, 1.54) is 5.56 Å². The van der Waals surface area contributed by atoms with Crippen molar-refractivity contribution < 1.29 is 9.63 Å². The van der Waals surface area contributed by atoms with Gasteiger partial charge in [-0.15, -0.1) is 0 Å². The van der Waals surface area contributed by atoms with Gasteiger partial charge in [-0.2, -0.15) is 5.10 Å². The Morgan fingerprint density at radius 3 is 2.61 bits per heavy atom. The minimum absolute atomic E-state index is 0.0196. The Bertz CT molecular complexity index is 1060. The summed E-state index contributed by atoms with van der Waals surface area (Å²) in [5.74, 6) is -0.0502. The molecule has 0 saturated carbocycles. The zero-order valence-electron chi connectivity index (χ0n) is 18.0. The lowest BCUT2D eigenvalue weighted by Gasteiger charge is -2.15. The summed E-state index contributed by atoms with van der Waals surface area (Å²) < 4.78 is 1.75. The van der Waals surface area contributed by atoms with E-state index in [-0.39, 0.29) is 24.0 Å². The first kappa shape index (κ1) is 20.8. The van der Waals surface area contributed by atoms with Crippen LogP contribution < -0.4 is 5.32 Å². The first-order chi connectivity index (χ1) is 15.0. The van der Waals surface area contributed by atoms with Gasteiger partial charge in [0.05, 0.1) is 18.0 Å². The number of carbonyl (C=O) groups is 1. The van der Waals surface area contributed by atoms with Gasteiger partial charge >= 0.3 is 0 Å². The van der Waals surface area contributed by atoms with Gasteiger partial charge in [-0.1, -0.05) is 42.4 Å². The number of aromatic nitrogens is 3. The van der Waals surface area contributed by atoms with Crippen LogP contribution in [0.25, 0.3) is 11.3 Å². The topological polar surface area (TPSA) is 81.4 Å². The molecule has 3 aromatic rings. The van der Waals surface area contributed by atoms with E-state index in [4.69, 9.17) is 4.84 Å². The van der Waals surface area contributed by atoms with Crippen LogP contribution in [0.5, 0.6) is 0 Å². The van der Waals surface area contributed by atoms with Gasteiger partial charge in [0, 0.05) is 36.3 Å². The fraction of sp³-hybridized carbons (Fsp3) is 0.333. The molecule has 7 nitrogen and oxygen atoms in total. The van der Waals surface area contributed by atoms with E-state index in [0.717, 1.165) is 23.4 Å². The van der Waals surface area contributed by atoms with E-state index >= 15 is 0 Å². The standard InChI is InChI=1S/C24H27N5O2/c1-16(2)29-22(14-20(27-29)19-9-11-25-12-10-19)24(30)26-15-21-17(3)23(31-28-21)13-18-7-5-4-6-8-18/h4-12,14,16-17,23H,13,15H2,1-3H3,(H,26,30). The van der Waals surface area contributed by atoms with E-state index in [1.54, 1.807) is 17.1 Å². The van der Waals surface area contributed by atoms with E-state index in [9.17, 15) is 4.79 Å². The molecule has 0 fully saturated rings. The van der Waals surface area contributed by atoms with Crippen molar-refractivity contribution in [3.8, 4) is 11.3 Å². The molecule has 2 atom stereocenters. The third kappa shape index (κ3) is 4.66. The second-order valence-corrected chi connectivity index (χ2v) is 8.08. The maximum atomic E-state index is 13.0. The molecule has 2 unspecified atom stereocenters. The van der Waals surface area contributed by atoms with Gasteiger partial charge < -0.3 is 10.2 Å². The molecule has 1 aromatic carbocycles. The monoisotopic (exact) mass is 417 g/mol. The van der Waals surface area contributed by atoms with Crippen molar-refractivity contribution in [2.75, 3.05) is 6.54 Å². The summed E-state index contributed by atoms with van der Waals surface area (Å²) in [6.45, 7) is 6.45. The molecule has 0 saturated heterocycles. The number of hydrogen-bond acceptors (Lipinski definition) is 5. The zero-order chi connectivity index (χ0) is 21.8. The Kier molecular flexibility index (Phi) is 6.11. The molecule has 0 bridgehead atoms. The Labute approximate surface area is 182 Å². The van der Waals surface area contributed by atoms with Gasteiger partial charge in [-0.3, -0.25) is 14.5 Å². The number of amides is 1. The van der Waals surface area contributed by atoms with Crippen LogP contribution in [0, 0.1) is 5.92 Å². The molecule has 3 heterocycles. The lowest BCUT2D eigenvalue weighted by molar-refractivity contribution is 0.0660. The summed E-state index contributed by atoms with van der Waals surface area (Å²) in [5, 5.41) is 11.9. The summed E-state index contributed by atoms with van der Waals surface area (Å²) >= 11 is 0. The predicted octanol–water partition coefficient (Wildman–Crippen LogP) is 3.89. The first-order valence-electron chi connectivity index (χ1n) is 10.6. The lowest BCUT2D eigenvalue weighted by atomic mass is 9.94. The van der Waals surface area contributed by atoms with Crippen LogP contribution in [-0.4, -0.2) is 39.0 Å². The molecule has 160 valence electrons. The summed E-state index contributed by atoms with van der Waals surface area (Å²) in [6.07, 6.45) is 4.20. The zero-order valence-corrected chi connectivity index (χ0v) is 18.0. The van der Waals surface area contributed by atoms with Crippen molar-refractivity contribution in [3.63, 3.8) is 0 Å². The highest BCUT2D eigenvalue weighted by molar-refractivity contribution is 5.98. The first-order valence-corrected chi connectivity index (χ1v) is 10.6. The number of nitrogens with zero attached hydrogens (tertiary/aromatic N) is 4. The molecule has 31 heavy (non-hydrogen) atoms. The summed E-state index contributed by atoms with van der Waals surface area (Å²) in [7, 11) is 0. The van der Waals surface area contributed by atoms with Crippen LogP contribution in [-0.2, 0) is 11.3 Å². The third-order valence-corrected chi connectivity index (χ3v) is 5.53. The molecule has 1 N–H and O–H groups in total. The van der Waals surface area contributed by atoms with Gasteiger partial charge in [-0.05, 0) is 37.6 Å². The highest BCUT2D eigenvalue weighted by atomic mass is 16.6. The van der Waals surface area contributed by atoms with E-state index in [0.29, 0.717) is 12.2 Å². The van der Waals surface area contributed by atoms with Crippen LogP contribution in [0.1, 0.15) is 42.9 Å². The van der Waals surface area contributed by atoms with Crippen LogP contribution in [0.2, 0.25) is 0 Å². The van der Waals surface area contributed by atoms with Crippen LogP contribution in [0.3, 0.4) is 0 Å². The SMILES string of the molecule is CC1C(CNC(=O)c2cc(-c3ccncc3)nn2C(C)C)=NOC1Cc1ccccc1. The van der Waals surface area contributed by atoms with Crippen molar-refractivity contribution in [1.29, 1.82) is 0 Å². The number of carbonyl (C=O) groups excluding carboxylic acids is 1. The second-order valence-electron chi connectivity index (χ2n) is 8.08. The van der Waals surface area contributed by atoms with Crippen molar-refractivity contribution >= 4 is 11.6 Å². The van der Waals surface area contributed by atoms with Gasteiger partial charge in [0.2, 0.25) is 0 Å². The van der Waals surface area contributed by atoms with Gasteiger partial charge in [0.25, 0.3) is 5.91 Å². The minimum Gasteiger partial charge on any atom is -0.391 e. The van der Waals surface area contributed by atoms with Crippen LogP contribution >= 0.6 is 0 Å². The number of benzene rings is 1. The predicted molar refractivity (Wildman–Crippen MR) is 120 cm³/mol. The Balaban J connectivity index is 1.41. The number of rotatable bonds is 7. The van der Waals surface area contributed by atoms with Crippen molar-refractivity contribution in [1.82, 2.24) is 20.1 Å². The molecule has 4 rings (SSSR count). The quantitative estimate of drug-likeness (QED) is 0.632. The highest BCUT2D eigenvalue weighted by Gasteiger charge is 2.31.